The summed E-state index contributed by atoms with van der Waals surface area (Å²) in [6.45, 7) is 0. The Hall–Kier alpha value is -2.48. The molecular weight excluding hydrogens is 296 g/mol. The SMILES string of the molecule is Cn1nnnc1-c1cccc(NC(=O)NC2CCCCC2O)c1. The third-order valence-corrected chi connectivity index (χ3v) is 4.04. The van der Waals surface area contributed by atoms with Gasteiger partial charge in [0.15, 0.2) is 5.82 Å². The maximum absolute atomic E-state index is 12.1. The molecule has 23 heavy (non-hydrogen) atoms. The summed E-state index contributed by atoms with van der Waals surface area (Å²) in [5.74, 6) is 0.622. The standard InChI is InChI=1S/C15H20N6O2/c1-21-14(18-19-20-21)10-5-4-6-11(9-10)16-15(23)17-12-7-2-3-8-13(12)22/h4-6,9,12-13,22H,2-3,7-8H2,1H3,(H2,16,17,23). The lowest BCUT2D eigenvalue weighted by Gasteiger charge is -2.28. The molecule has 3 rings (SSSR count). The lowest BCUT2D eigenvalue weighted by atomic mass is 9.93. The van der Waals surface area contributed by atoms with Crippen molar-refractivity contribution in [2.24, 2.45) is 7.05 Å². The van der Waals surface area contributed by atoms with Crippen molar-refractivity contribution >= 4 is 11.7 Å². The van der Waals surface area contributed by atoms with Crippen molar-refractivity contribution in [3.05, 3.63) is 24.3 Å². The molecule has 2 atom stereocenters. The van der Waals surface area contributed by atoms with Crippen LogP contribution in [0, 0.1) is 0 Å². The van der Waals surface area contributed by atoms with E-state index in [4.69, 9.17) is 0 Å². The molecule has 0 saturated heterocycles. The number of carbonyl (C=O) groups excluding carboxylic acids is 1. The number of hydrogen-bond acceptors (Lipinski definition) is 5. The van der Waals surface area contributed by atoms with E-state index in [2.05, 4.69) is 26.2 Å². The zero-order valence-corrected chi connectivity index (χ0v) is 12.9. The molecule has 8 heteroatoms. The van der Waals surface area contributed by atoms with Gasteiger partial charge in [0.1, 0.15) is 0 Å². The highest BCUT2D eigenvalue weighted by Crippen LogP contribution is 2.20. The molecule has 1 aliphatic rings. The number of carbonyl (C=O) groups is 1. The van der Waals surface area contributed by atoms with Crippen molar-refractivity contribution < 1.29 is 9.90 Å². The predicted octanol–water partition coefficient (Wildman–Crippen LogP) is 1.30. The Bertz CT molecular complexity index is 686. The van der Waals surface area contributed by atoms with Gasteiger partial charge in [-0.3, -0.25) is 0 Å². The maximum atomic E-state index is 12.1. The van der Waals surface area contributed by atoms with Crippen LogP contribution in [-0.2, 0) is 7.05 Å². The fourth-order valence-electron chi connectivity index (χ4n) is 2.83. The van der Waals surface area contributed by atoms with E-state index in [9.17, 15) is 9.90 Å². The van der Waals surface area contributed by atoms with E-state index in [0.717, 1.165) is 31.2 Å². The normalized spacial score (nSPS) is 21.0. The lowest BCUT2D eigenvalue weighted by molar-refractivity contribution is 0.0955. The first kappa shape index (κ1) is 15.4. The fourth-order valence-corrected chi connectivity index (χ4v) is 2.83. The zero-order valence-electron chi connectivity index (χ0n) is 12.9. The van der Waals surface area contributed by atoms with E-state index in [-0.39, 0.29) is 12.1 Å². The Labute approximate surface area is 133 Å². The van der Waals surface area contributed by atoms with Gasteiger partial charge in [-0.05, 0) is 35.4 Å². The minimum Gasteiger partial charge on any atom is -0.391 e. The fraction of sp³-hybridized carbons (Fsp3) is 0.467. The van der Waals surface area contributed by atoms with E-state index in [1.165, 1.54) is 0 Å². The second kappa shape index (κ2) is 6.74. The summed E-state index contributed by atoms with van der Waals surface area (Å²) in [4.78, 5) is 12.1. The van der Waals surface area contributed by atoms with Crippen molar-refractivity contribution in [3.63, 3.8) is 0 Å². The molecule has 1 aliphatic carbocycles. The first-order valence-electron chi connectivity index (χ1n) is 7.72. The smallest absolute Gasteiger partial charge is 0.319 e. The Kier molecular flexibility index (Phi) is 4.52. The largest absolute Gasteiger partial charge is 0.391 e. The maximum Gasteiger partial charge on any atom is 0.319 e. The summed E-state index contributed by atoms with van der Waals surface area (Å²) in [5, 5.41) is 26.9. The molecule has 0 aliphatic heterocycles. The number of aryl methyl sites for hydroxylation is 1. The van der Waals surface area contributed by atoms with Crippen LogP contribution in [0.4, 0.5) is 10.5 Å². The Morgan fingerprint density at radius 3 is 2.91 bits per heavy atom. The zero-order chi connectivity index (χ0) is 16.2. The summed E-state index contributed by atoms with van der Waals surface area (Å²) in [6.07, 6.45) is 3.11. The molecule has 1 saturated carbocycles. The first-order valence-corrected chi connectivity index (χ1v) is 7.72. The molecule has 2 unspecified atom stereocenters. The van der Waals surface area contributed by atoms with Crippen LogP contribution in [0.15, 0.2) is 24.3 Å². The Morgan fingerprint density at radius 1 is 1.35 bits per heavy atom. The Balaban J connectivity index is 1.66. The van der Waals surface area contributed by atoms with Crippen LogP contribution in [0.25, 0.3) is 11.4 Å². The van der Waals surface area contributed by atoms with Crippen LogP contribution in [0.1, 0.15) is 25.7 Å². The Morgan fingerprint density at radius 2 is 2.17 bits per heavy atom. The molecule has 122 valence electrons. The third-order valence-electron chi connectivity index (χ3n) is 4.04. The van der Waals surface area contributed by atoms with Crippen molar-refractivity contribution in [2.75, 3.05) is 5.32 Å². The number of anilines is 1. The van der Waals surface area contributed by atoms with Gasteiger partial charge in [0, 0.05) is 18.3 Å². The highest BCUT2D eigenvalue weighted by molar-refractivity contribution is 5.90. The number of urea groups is 1. The van der Waals surface area contributed by atoms with E-state index in [1.807, 2.05) is 18.2 Å². The van der Waals surface area contributed by atoms with Crippen LogP contribution in [0.5, 0.6) is 0 Å². The van der Waals surface area contributed by atoms with Gasteiger partial charge in [-0.1, -0.05) is 25.0 Å². The molecule has 1 heterocycles. The second-order valence-electron chi connectivity index (χ2n) is 5.76. The third kappa shape index (κ3) is 3.65. The molecule has 2 aromatic rings. The molecule has 1 aromatic heterocycles. The van der Waals surface area contributed by atoms with E-state index in [0.29, 0.717) is 11.5 Å². The molecule has 3 N–H and O–H groups in total. The number of aromatic nitrogens is 4. The minimum absolute atomic E-state index is 0.185. The average Bonchev–Trinajstić information content (AvgIpc) is 2.96. The van der Waals surface area contributed by atoms with Gasteiger partial charge in [0.05, 0.1) is 12.1 Å². The van der Waals surface area contributed by atoms with Crippen LogP contribution < -0.4 is 10.6 Å². The number of benzene rings is 1. The highest BCUT2D eigenvalue weighted by Gasteiger charge is 2.24. The van der Waals surface area contributed by atoms with Gasteiger partial charge < -0.3 is 15.7 Å². The van der Waals surface area contributed by atoms with Crippen molar-refractivity contribution in [3.8, 4) is 11.4 Å². The van der Waals surface area contributed by atoms with Crippen LogP contribution in [-0.4, -0.2) is 43.5 Å². The summed E-state index contributed by atoms with van der Waals surface area (Å²) < 4.78 is 1.57. The number of aliphatic hydroxyl groups is 1. The van der Waals surface area contributed by atoms with Gasteiger partial charge in [-0.25, -0.2) is 9.48 Å². The number of nitrogens with zero attached hydrogens (tertiary/aromatic N) is 4. The highest BCUT2D eigenvalue weighted by atomic mass is 16.3. The molecule has 1 fully saturated rings. The number of aliphatic hydroxyl groups excluding tert-OH is 1. The molecule has 8 nitrogen and oxygen atoms in total. The van der Waals surface area contributed by atoms with Crippen molar-refractivity contribution in [1.82, 2.24) is 25.5 Å². The van der Waals surface area contributed by atoms with E-state index < -0.39 is 6.10 Å². The molecule has 0 bridgehead atoms. The van der Waals surface area contributed by atoms with Crippen molar-refractivity contribution in [1.29, 1.82) is 0 Å². The summed E-state index contributed by atoms with van der Waals surface area (Å²) in [5.41, 5.74) is 1.46. The van der Waals surface area contributed by atoms with Crippen LogP contribution in [0.3, 0.4) is 0 Å². The van der Waals surface area contributed by atoms with Gasteiger partial charge >= 0.3 is 6.03 Å². The minimum atomic E-state index is -0.467. The number of rotatable bonds is 3. The molecule has 0 spiro atoms. The van der Waals surface area contributed by atoms with Crippen LogP contribution in [0.2, 0.25) is 0 Å². The summed E-state index contributed by atoms with van der Waals surface area (Å²) in [7, 11) is 1.76. The first-order chi connectivity index (χ1) is 11.1. The predicted molar refractivity (Wildman–Crippen MR) is 84.7 cm³/mol. The molecule has 0 radical (unpaired) electrons. The van der Waals surface area contributed by atoms with E-state index >= 15 is 0 Å². The number of hydrogen-bond donors (Lipinski definition) is 3. The van der Waals surface area contributed by atoms with Crippen molar-refractivity contribution in [2.45, 2.75) is 37.8 Å². The van der Waals surface area contributed by atoms with Gasteiger partial charge in [0.25, 0.3) is 0 Å². The van der Waals surface area contributed by atoms with Gasteiger partial charge in [0.2, 0.25) is 0 Å². The lowest BCUT2D eigenvalue weighted by Crippen LogP contribution is -2.46. The number of nitrogens with one attached hydrogen (secondary N) is 2. The summed E-state index contributed by atoms with van der Waals surface area (Å²) >= 11 is 0. The second-order valence-corrected chi connectivity index (χ2v) is 5.76. The number of amides is 2. The topological polar surface area (TPSA) is 105 Å². The van der Waals surface area contributed by atoms with Gasteiger partial charge in [-0.15, -0.1) is 5.10 Å². The van der Waals surface area contributed by atoms with Gasteiger partial charge in [-0.2, -0.15) is 0 Å². The summed E-state index contributed by atoms with van der Waals surface area (Å²) in [6, 6.07) is 6.81. The van der Waals surface area contributed by atoms with Crippen LogP contribution >= 0.6 is 0 Å². The monoisotopic (exact) mass is 316 g/mol. The van der Waals surface area contributed by atoms with E-state index in [1.54, 1.807) is 17.8 Å². The molecule has 2 amide bonds. The average molecular weight is 316 g/mol. The number of tetrazole rings is 1. The molecule has 1 aromatic carbocycles. The molecular formula is C15H20N6O2. The quantitative estimate of drug-likeness (QED) is 0.791.